The highest BCUT2D eigenvalue weighted by Gasteiger charge is 2.03. The predicted octanol–water partition coefficient (Wildman–Crippen LogP) is 2.19. The van der Waals surface area contributed by atoms with Crippen LogP contribution in [0.3, 0.4) is 0 Å². The maximum absolute atomic E-state index is 4.20. The second-order valence-corrected chi connectivity index (χ2v) is 3.09. The molecule has 0 aliphatic heterocycles. The largest absolute Gasteiger partial charge is 0.297 e. The summed E-state index contributed by atoms with van der Waals surface area (Å²) in [5, 5.41) is 1.66. The summed E-state index contributed by atoms with van der Waals surface area (Å²) >= 11 is 4.00. The number of fused-ring (bicyclic) bond motifs is 1. The molecule has 0 N–H and O–H groups in total. The van der Waals surface area contributed by atoms with E-state index in [0.29, 0.717) is 0 Å². The molecule has 70 valence electrons. The highest BCUT2D eigenvalue weighted by atomic mass is 32.1. The Labute approximate surface area is 87.2 Å². The fourth-order valence-electron chi connectivity index (χ4n) is 1.26. The van der Waals surface area contributed by atoms with Gasteiger partial charge in [0.05, 0.1) is 18.1 Å². The van der Waals surface area contributed by atoms with Crippen molar-refractivity contribution in [2.75, 3.05) is 0 Å². The smallest absolute Gasteiger partial charge is 0.155 e. The minimum Gasteiger partial charge on any atom is -0.297 e. The summed E-state index contributed by atoms with van der Waals surface area (Å²) in [5.41, 5.74) is 2.64. The lowest BCUT2D eigenvalue weighted by atomic mass is 10.2. The lowest BCUT2D eigenvalue weighted by Gasteiger charge is -1.99. The first-order valence-corrected chi connectivity index (χ1v) is 4.61. The van der Waals surface area contributed by atoms with Crippen LogP contribution in [0.25, 0.3) is 11.2 Å². The summed E-state index contributed by atoms with van der Waals surface area (Å²) in [6, 6.07) is 0. The molecule has 0 saturated heterocycles. The fourth-order valence-corrected chi connectivity index (χ4v) is 1.44. The lowest BCUT2D eigenvalue weighted by molar-refractivity contribution is 1.11. The Bertz CT molecular complexity index is 499. The van der Waals surface area contributed by atoms with E-state index in [9.17, 15) is 0 Å². The minimum atomic E-state index is 0.816. The zero-order chi connectivity index (χ0) is 9.97. The van der Waals surface area contributed by atoms with Gasteiger partial charge in [0.15, 0.2) is 5.65 Å². The van der Waals surface area contributed by atoms with Crippen molar-refractivity contribution in [2.45, 2.75) is 0 Å². The number of imidazole rings is 1. The quantitative estimate of drug-likeness (QED) is 0.599. The fraction of sp³-hybridized carbons (Fsp3) is 0. The van der Waals surface area contributed by atoms with Crippen LogP contribution in [-0.2, 0) is 0 Å². The van der Waals surface area contributed by atoms with Crippen molar-refractivity contribution in [3.05, 3.63) is 48.5 Å². The summed E-state index contributed by atoms with van der Waals surface area (Å²) in [7, 11) is 0. The number of nitrogens with zero attached hydrogens (tertiary/aromatic N) is 3. The van der Waals surface area contributed by atoms with E-state index in [1.165, 1.54) is 0 Å². The summed E-state index contributed by atoms with van der Waals surface area (Å²) in [5.74, 6) is 0. The molecule has 0 fully saturated rings. The predicted molar refractivity (Wildman–Crippen MR) is 60.1 cm³/mol. The maximum Gasteiger partial charge on any atom is 0.155 e. The number of rotatable bonds is 2. The summed E-state index contributed by atoms with van der Waals surface area (Å²) in [6.45, 7) is 3.92. The average molecular weight is 203 g/mol. The first-order valence-electron chi connectivity index (χ1n) is 4.10. The van der Waals surface area contributed by atoms with Gasteiger partial charge in [0.25, 0.3) is 0 Å². The van der Waals surface area contributed by atoms with Gasteiger partial charge in [0.2, 0.25) is 0 Å². The molecule has 2 aromatic heterocycles. The molecule has 3 nitrogen and oxygen atoms in total. The Hall–Kier alpha value is -1.55. The first-order chi connectivity index (χ1) is 6.83. The number of hydrogen-bond acceptors (Lipinski definition) is 3. The molecule has 0 radical (unpaired) electrons. The second-order valence-electron chi connectivity index (χ2n) is 2.79. The van der Waals surface area contributed by atoms with Gasteiger partial charge in [0.1, 0.15) is 0 Å². The van der Waals surface area contributed by atoms with Crippen LogP contribution in [0.5, 0.6) is 0 Å². The summed E-state index contributed by atoms with van der Waals surface area (Å²) < 4.78 is 1.93. The molecule has 0 unspecified atom stereocenters. The Morgan fingerprint density at radius 3 is 3.14 bits per heavy atom. The molecule has 0 aromatic carbocycles. The van der Waals surface area contributed by atoms with E-state index in [-0.39, 0.29) is 0 Å². The van der Waals surface area contributed by atoms with Gasteiger partial charge in [-0.1, -0.05) is 6.58 Å². The van der Waals surface area contributed by atoms with Crippen LogP contribution in [0.1, 0.15) is 5.69 Å². The normalized spacial score (nSPS) is 11.2. The lowest BCUT2D eigenvalue weighted by Crippen LogP contribution is -1.89. The SMILES string of the molecule is C=C(/C=C/S)c1cnc2cnccn12. The molecular weight excluding hydrogens is 194 g/mol. The van der Waals surface area contributed by atoms with Crippen LogP contribution in [0.15, 0.2) is 42.9 Å². The Balaban J connectivity index is 2.58. The standard InChI is InChI=1S/C10H9N3S/c1-8(2-5-14)9-6-12-10-7-11-3-4-13(9)10/h2-7,14H,1H2/b5-2+. The number of aromatic nitrogens is 3. The third kappa shape index (κ3) is 1.44. The van der Waals surface area contributed by atoms with Crippen molar-refractivity contribution in [1.82, 2.24) is 14.4 Å². The molecule has 2 heterocycles. The van der Waals surface area contributed by atoms with Crippen LogP contribution < -0.4 is 0 Å². The highest BCUT2D eigenvalue weighted by molar-refractivity contribution is 7.83. The van der Waals surface area contributed by atoms with E-state index in [2.05, 4.69) is 29.2 Å². The molecule has 0 saturated carbocycles. The van der Waals surface area contributed by atoms with E-state index >= 15 is 0 Å². The van der Waals surface area contributed by atoms with Crippen molar-refractivity contribution in [3.63, 3.8) is 0 Å². The molecule has 14 heavy (non-hydrogen) atoms. The van der Waals surface area contributed by atoms with E-state index in [0.717, 1.165) is 16.9 Å². The first kappa shape index (κ1) is 9.02. The van der Waals surface area contributed by atoms with E-state index in [1.807, 2.05) is 16.7 Å². The Morgan fingerprint density at radius 1 is 1.50 bits per heavy atom. The van der Waals surface area contributed by atoms with Gasteiger partial charge in [-0.25, -0.2) is 4.98 Å². The monoisotopic (exact) mass is 203 g/mol. The molecule has 2 aromatic rings. The topological polar surface area (TPSA) is 30.2 Å². The van der Waals surface area contributed by atoms with Gasteiger partial charge in [-0.05, 0) is 17.1 Å². The van der Waals surface area contributed by atoms with Crippen molar-refractivity contribution in [1.29, 1.82) is 0 Å². The van der Waals surface area contributed by atoms with Crippen molar-refractivity contribution in [2.24, 2.45) is 0 Å². The van der Waals surface area contributed by atoms with E-state index in [4.69, 9.17) is 0 Å². The van der Waals surface area contributed by atoms with Gasteiger partial charge in [-0.3, -0.25) is 9.38 Å². The van der Waals surface area contributed by atoms with E-state index in [1.54, 1.807) is 24.0 Å². The molecule has 0 amide bonds. The molecule has 4 heteroatoms. The number of thiol groups is 1. The van der Waals surface area contributed by atoms with Crippen LogP contribution >= 0.6 is 12.6 Å². The van der Waals surface area contributed by atoms with Crippen LogP contribution in [0, 0.1) is 0 Å². The zero-order valence-corrected chi connectivity index (χ0v) is 8.35. The average Bonchev–Trinajstić information content (AvgIpc) is 2.61. The van der Waals surface area contributed by atoms with Gasteiger partial charge in [0, 0.05) is 12.4 Å². The van der Waals surface area contributed by atoms with Gasteiger partial charge in [-0.2, -0.15) is 12.6 Å². The molecule has 0 atom stereocenters. The van der Waals surface area contributed by atoms with Crippen LogP contribution in [0.4, 0.5) is 0 Å². The number of allylic oxidation sites excluding steroid dienone is 2. The number of hydrogen-bond donors (Lipinski definition) is 1. The maximum atomic E-state index is 4.20. The van der Waals surface area contributed by atoms with E-state index < -0.39 is 0 Å². The summed E-state index contributed by atoms with van der Waals surface area (Å²) in [4.78, 5) is 8.19. The minimum absolute atomic E-state index is 0.816. The van der Waals surface area contributed by atoms with Crippen LogP contribution in [0.2, 0.25) is 0 Å². The molecule has 0 aliphatic carbocycles. The van der Waals surface area contributed by atoms with Crippen LogP contribution in [-0.4, -0.2) is 14.4 Å². The molecule has 2 rings (SSSR count). The molecular formula is C10H9N3S. The van der Waals surface area contributed by atoms with Gasteiger partial charge >= 0.3 is 0 Å². The Kier molecular flexibility index (Phi) is 2.37. The third-order valence-corrected chi connectivity index (χ3v) is 2.07. The summed E-state index contributed by atoms with van der Waals surface area (Å²) in [6.07, 6.45) is 8.88. The second kappa shape index (κ2) is 3.67. The van der Waals surface area contributed by atoms with Crippen molar-refractivity contribution >= 4 is 23.8 Å². The molecule has 0 aliphatic rings. The zero-order valence-electron chi connectivity index (χ0n) is 7.46. The third-order valence-electron chi connectivity index (χ3n) is 1.92. The molecule has 0 spiro atoms. The van der Waals surface area contributed by atoms with Gasteiger partial charge in [-0.15, -0.1) is 0 Å². The molecule has 0 bridgehead atoms. The highest BCUT2D eigenvalue weighted by Crippen LogP contribution is 2.15. The van der Waals surface area contributed by atoms with Crippen molar-refractivity contribution < 1.29 is 0 Å². The van der Waals surface area contributed by atoms with Gasteiger partial charge < -0.3 is 0 Å². The Morgan fingerprint density at radius 2 is 2.36 bits per heavy atom. The van der Waals surface area contributed by atoms with Crippen molar-refractivity contribution in [3.8, 4) is 0 Å².